The Bertz CT molecular complexity index is 606. The number of morpholine rings is 1. The fourth-order valence-electron chi connectivity index (χ4n) is 2.22. The predicted molar refractivity (Wildman–Crippen MR) is 71.7 cm³/mol. The Labute approximate surface area is 121 Å². The number of hydrogen-bond acceptors (Lipinski definition) is 6. The average molecular weight is 291 g/mol. The molecular weight excluding hydrogens is 274 g/mol. The van der Waals surface area contributed by atoms with E-state index in [2.05, 4.69) is 10.2 Å². The van der Waals surface area contributed by atoms with Gasteiger partial charge in [0.15, 0.2) is 0 Å². The van der Waals surface area contributed by atoms with Crippen LogP contribution in [-0.4, -0.2) is 40.8 Å². The number of hydrogen-bond donors (Lipinski definition) is 0. The molecule has 1 amide bonds. The van der Waals surface area contributed by atoms with Crippen molar-refractivity contribution in [2.75, 3.05) is 19.8 Å². The van der Waals surface area contributed by atoms with Crippen LogP contribution in [0.1, 0.15) is 47.9 Å². The molecule has 1 saturated heterocycles. The van der Waals surface area contributed by atoms with Gasteiger partial charge in [-0.05, 0) is 6.07 Å². The van der Waals surface area contributed by atoms with Crippen LogP contribution >= 0.6 is 0 Å². The molecule has 1 aliphatic heterocycles. The largest absolute Gasteiger partial charge is 0.472 e. The third kappa shape index (κ3) is 2.69. The van der Waals surface area contributed by atoms with Gasteiger partial charge in [-0.1, -0.05) is 13.8 Å². The summed E-state index contributed by atoms with van der Waals surface area (Å²) < 4.78 is 16.1. The van der Waals surface area contributed by atoms with Crippen LogP contribution < -0.4 is 0 Å². The molecule has 112 valence electrons. The highest BCUT2D eigenvalue weighted by atomic mass is 16.5. The van der Waals surface area contributed by atoms with Crippen molar-refractivity contribution < 1.29 is 18.4 Å². The smallest absolute Gasteiger partial charge is 0.257 e. The number of ether oxygens (including phenoxy) is 1. The normalized spacial score (nSPS) is 19.2. The molecule has 7 nitrogen and oxygen atoms in total. The van der Waals surface area contributed by atoms with E-state index in [0.29, 0.717) is 37.1 Å². The van der Waals surface area contributed by atoms with Crippen molar-refractivity contribution in [2.24, 2.45) is 0 Å². The second kappa shape index (κ2) is 5.69. The maximum Gasteiger partial charge on any atom is 0.257 e. The van der Waals surface area contributed by atoms with Crippen molar-refractivity contribution in [1.82, 2.24) is 15.1 Å². The van der Waals surface area contributed by atoms with E-state index < -0.39 is 0 Å². The Morgan fingerprint density at radius 1 is 1.43 bits per heavy atom. The van der Waals surface area contributed by atoms with Crippen LogP contribution in [0.15, 0.2) is 27.4 Å². The number of amides is 1. The van der Waals surface area contributed by atoms with Gasteiger partial charge in [0.25, 0.3) is 5.91 Å². The lowest BCUT2D eigenvalue weighted by atomic mass is 10.2. The molecule has 1 unspecified atom stereocenters. The van der Waals surface area contributed by atoms with E-state index in [-0.39, 0.29) is 17.9 Å². The molecule has 0 saturated carbocycles. The molecule has 0 radical (unpaired) electrons. The molecular formula is C14H17N3O4. The van der Waals surface area contributed by atoms with Gasteiger partial charge in [-0.2, -0.15) is 0 Å². The van der Waals surface area contributed by atoms with Crippen molar-refractivity contribution in [3.63, 3.8) is 0 Å². The maximum absolute atomic E-state index is 12.5. The summed E-state index contributed by atoms with van der Waals surface area (Å²) >= 11 is 0. The van der Waals surface area contributed by atoms with Crippen molar-refractivity contribution >= 4 is 5.91 Å². The van der Waals surface area contributed by atoms with Gasteiger partial charge in [0.1, 0.15) is 12.3 Å². The number of rotatable bonds is 3. The SMILES string of the molecule is CC(C)c1nnc(C2COCCN2C(=O)c2ccoc2)o1. The summed E-state index contributed by atoms with van der Waals surface area (Å²) in [6.07, 6.45) is 2.91. The first-order valence-electron chi connectivity index (χ1n) is 6.91. The minimum atomic E-state index is -0.360. The molecule has 0 N–H and O–H groups in total. The molecule has 2 aromatic rings. The number of nitrogens with zero attached hydrogens (tertiary/aromatic N) is 3. The Morgan fingerprint density at radius 2 is 2.29 bits per heavy atom. The molecule has 1 atom stereocenters. The van der Waals surface area contributed by atoms with E-state index in [9.17, 15) is 4.79 Å². The van der Waals surface area contributed by atoms with E-state index in [4.69, 9.17) is 13.6 Å². The molecule has 21 heavy (non-hydrogen) atoms. The van der Waals surface area contributed by atoms with Crippen LogP contribution in [0.4, 0.5) is 0 Å². The number of carbonyl (C=O) groups is 1. The van der Waals surface area contributed by atoms with Gasteiger partial charge in [-0.15, -0.1) is 10.2 Å². The maximum atomic E-state index is 12.5. The zero-order valence-electron chi connectivity index (χ0n) is 12.0. The molecule has 0 aromatic carbocycles. The third-order valence-corrected chi connectivity index (χ3v) is 3.39. The number of carbonyl (C=O) groups excluding carboxylic acids is 1. The summed E-state index contributed by atoms with van der Waals surface area (Å²) in [4.78, 5) is 14.2. The Hall–Kier alpha value is -2.15. The first-order valence-corrected chi connectivity index (χ1v) is 6.91. The van der Waals surface area contributed by atoms with Gasteiger partial charge in [0, 0.05) is 12.5 Å². The first kappa shape index (κ1) is 13.8. The van der Waals surface area contributed by atoms with Crippen LogP contribution in [0.3, 0.4) is 0 Å². The fourth-order valence-corrected chi connectivity index (χ4v) is 2.22. The van der Waals surface area contributed by atoms with Gasteiger partial charge >= 0.3 is 0 Å². The van der Waals surface area contributed by atoms with Gasteiger partial charge in [0.05, 0.1) is 25.0 Å². The minimum Gasteiger partial charge on any atom is -0.472 e. The summed E-state index contributed by atoms with van der Waals surface area (Å²) in [7, 11) is 0. The molecule has 3 rings (SSSR count). The van der Waals surface area contributed by atoms with Gasteiger partial charge in [-0.25, -0.2) is 0 Å². The van der Waals surface area contributed by atoms with Gasteiger partial charge in [-0.3, -0.25) is 4.79 Å². The minimum absolute atomic E-state index is 0.124. The van der Waals surface area contributed by atoms with E-state index in [0.717, 1.165) is 0 Å². The van der Waals surface area contributed by atoms with E-state index in [1.54, 1.807) is 11.0 Å². The van der Waals surface area contributed by atoms with Crippen molar-refractivity contribution in [3.05, 3.63) is 35.9 Å². The van der Waals surface area contributed by atoms with Crippen LogP contribution in [0.2, 0.25) is 0 Å². The number of furan rings is 1. The molecule has 0 spiro atoms. The predicted octanol–water partition coefficient (Wildman–Crippen LogP) is 2.00. The lowest BCUT2D eigenvalue weighted by molar-refractivity contribution is -0.0108. The quantitative estimate of drug-likeness (QED) is 0.860. The highest BCUT2D eigenvalue weighted by Crippen LogP contribution is 2.26. The monoisotopic (exact) mass is 291 g/mol. The molecule has 7 heteroatoms. The molecule has 0 aliphatic carbocycles. The van der Waals surface area contributed by atoms with E-state index in [1.165, 1.54) is 12.5 Å². The Kier molecular flexibility index (Phi) is 3.74. The molecule has 3 heterocycles. The molecule has 1 fully saturated rings. The van der Waals surface area contributed by atoms with Crippen LogP contribution in [0.25, 0.3) is 0 Å². The van der Waals surface area contributed by atoms with E-state index >= 15 is 0 Å². The summed E-state index contributed by atoms with van der Waals surface area (Å²) in [6, 6.07) is 1.28. The van der Waals surface area contributed by atoms with Crippen LogP contribution in [0, 0.1) is 0 Å². The number of aromatic nitrogens is 2. The summed E-state index contributed by atoms with van der Waals surface area (Å²) in [5.41, 5.74) is 0.505. The summed E-state index contributed by atoms with van der Waals surface area (Å²) in [5.74, 6) is 0.997. The summed E-state index contributed by atoms with van der Waals surface area (Å²) in [6.45, 7) is 5.27. The third-order valence-electron chi connectivity index (χ3n) is 3.39. The van der Waals surface area contributed by atoms with Crippen molar-refractivity contribution in [2.45, 2.75) is 25.8 Å². The molecule has 1 aliphatic rings. The average Bonchev–Trinajstić information content (AvgIpc) is 3.18. The van der Waals surface area contributed by atoms with Crippen molar-refractivity contribution in [1.29, 1.82) is 0 Å². The lowest BCUT2D eigenvalue weighted by Crippen LogP contribution is -2.43. The Morgan fingerprint density at radius 3 is 2.95 bits per heavy atom. The van der Waals surface area contributed by atoms with Crippen LogP contribution in [-0.2, 0) is 4.74 Å². The molecule has 0 bridgehead atoms. The Balaban J connectivity index is 1.85. The first-order chi connectivity index (χ1) is 10.2. The highest BCUT2D eigenvalue weighted by molar-refractivity contribution is 5.94. The summed E-state index contributed by atoms with van der Waals surface area (Å²) in [5, 5.41) is 8.08. The topological polar surface area (TPSA) is 81.6 Å². The fraction of sp³-hybridized carbons (Fsp3) is 0.500. The lowest BCUT2D eigenvalue weighted by Gasteiger charge is -2.33. The van der Waals surface area contributed by atoms with Crippen LogP contribution in [0.5, 0.6) is 0 Å². The molecule has 2 aromatic heterocycles. The second-order valence-corrected chi connectivity index (χ2v) is 5.23. The highest BCUT2D eigenvalue weighted by Gasteiger charge is 2.33. The van der Waals surface area contributed by atoms with Crippen molar-refractivity contribution in [3.8, 4) is 0 Å². The van der Waals surface area contributed by atoms with Gasteiger partial charge in [0.2, 0.25) is 11.8 Å². The zero-order chi connectivity index (χ0) is 14.8. The van der Waals surface area contributed by atoms with Gasteiger partial charge < -0.3 is 18.5 Å². The zero-order valence-corrected chi connectivity index (χ0v) is 12.0. The standard InChI is InChI=1S/C14H17N3O4/c1-9(2)12-15-16-13(21-12)11-8-20-6-4-17(11)14(18)10-3-5-19-7-10/h3,5,7,9,11H,4,6,8H2,1-2H3. The second-order valence-electron chi connectivity index (χ2n) is 5.23. The van der Waals surface area contributed by atoms with E-state index in [1.807, 2.05) is 13.8 Å².